The molecule has 0 aromatic rings. The highest BCUT2D eigenvalue weighted by atomic mass is 31.2. The fourth-order valence-electron chi connectivity index (χ4n) is 11.7. The van der Waals surface area contributed by atoms with Gasteiger partial charge in [-0.25, -0.2) is 9.13 Å². The van der Waals surface area contributed by atoms with E-state index in [1.807, 2.05) is 12.2 Å². The second-order valence-electron chi connectivity index (χ2n) is 28.1. The van der Waals surface area contributed by atoms with E-state index in [1.165, 1.54) is 205 Å². The molecule has 0 spiro atoms. The van der Waals surface area contributed by atoms with Gasteiger partial charge in [0.2, 0.25) is 0 Å². The Morgan fingerprint density at radius 1 is 0.275 bits per heavy atom. The minimum Gasteiger partial charge on any atom is -0.462 e. The van der Waals surface area contributed by atoms with Gasteiger partial charge in [0.15, 0.2) is 12.2 Å². The van der Waals surface area contributed by atoms with Crippen LogP contribution in [-0.4, -0.2) is 96.7 Å². The molecule has 19 heteroatoms. The van der Waals surface area contributed by atoms with Crippen LogP contribution in [0.1, 0.15) is 387 Å². The molecule has 0 fully saturated rings. The van der Waals surface area contributed by atoms with Crippen LogP contribution in [0, 0.1) is 0 Å². The van der Waals surface area contributed by atoms with E-state index in [1.54, 1.807) is 0 Å². The van der Waals surface area contributed by atoms with E-state index in [-0.39, 0.29) is 25.7 Å². The molecular formula is C83H152O17P2. The maximum atomic E-state index is 13.1. The largest absolute Gasteiger partial charge is 0.472 e. The van der Waals surface area contributed by atoms with Crippen LogP contribution in [0.15, 0.2) is 60.8 Å². The van der Waals surface area contributed by atoms with Crippen molar-refractivity contribution < 1.29 is 80.2 Å². The van der Waals surface area contributed by atoms with Crippen LogP contribution in [0.25, 0.3) is 0 Å². The van der Waals surface area contributed by atoms with Crippen LogP contribution < -0.4 is 0 Å². The van der Waals surface area contributed by atoms with E-state index in [4.69, 9.17) is 37.0 Å². The summed E-state index contributed by atoms with van der Waals surface area (Å²) in [5.74, 6) is -2.23. The summed E-state index contributed by atoms with van der Waals surface area (Å²) in [7, 11) is -9.95. The molecule has 5 atom stereocenters. The molecule has 0 bridgehead atoms. The van der Waals surface area contributed by atoms with Crippen molar-refractivity contribution in [3.05, 3.63) is 60.8 Å². The molecule has 0 saturated heterocycles. The van der Waals surface area contributed by atoms with Gasteiger partial charge >= 0.3 is 39.5 Å². The lowest BCUT2D eigenvalue weighted by molar-refractivity contribution is -0.161. The zero-order chi connectivity index (χ0) is 74.6. The van der Waals surface area contributed by atoms with Crippen molar-refractivity contribution in [3.8, 4) is 0 Å². The van der Waals surface area contributed by atoms with Crippen molar-refractivity contribution in [2.45, 2.75) is 406 Å². The summed E-state index contributed by atoms with van der Waals surface area (Å²) in [6.07, 6.45) is 76.3. The molecule has 0 radical (unpaired) electrons. The quantitative estimate of drug-likeness (QED) is 0.0169. The minimum absolute atomic E-state index is 0.0433. The molecular weight excluding hydrogens is 1330 g/mol. The number of allylic oxidation sites excluding steroid dienone is 10. The molecule has 17 nitrogen and oxygen atoms in total. The highest BCUT2D eigenvalue weighted by molar-refractivity contribution is 7.47. The number of ether oxygens (including phenoxy) is 4. The maximum absolute atomic E-state index is 13.1. The Hall–Kier alpha value is -3.24. The SMILES string of the molecule is CCCCC/C=C\C/C=C\C/C=C\C/C=C\C/C=C\CCC(=O)OC[C@H](COP(=O)(O)OC[C@@H](O)COP(=O)(O)OC[C@@H](COC(=O)CCCCCCCCCCCCCCCCC)OC(=O)CCCCCCCCCCCCCCCCC)OC(=O)CCCCCCCCCCCCCCC. The number of rotatable bonds is 79. The smallest absolute Gasteiger partial charge is 0.462 e. The van der Waals surface area contributed by atoms with Crippen molar-refractivity contribution in [3.63, 3.8) is 0 Å². The van der Waals surface area contributed by atoms with Gasteiger partial charge in [-0.1, -0.05) is 358 Å². The highest BCUT2D eigenvalue weighted by Crippen LogP contribution is 2.45. The first-order valence-electron chi connectivity index (χ1n) is 41.5. The number of phosphoric ester groups is 2. The molecule has 0 amide bonds. The summed E-state index contributed by atoms with van der Waals surface area (Å²) >= 11 is 0. The highest BCUT2D eigenvalue weighted by Gasteiger charge is 2.30. The predicted octanol–water partition coefficient (Wildman–Crippen LogP) is 24.2. The van der Waals surface area contributed by atoms with E-state index in [0.717, 1.165) is 96.3 Å². The predicted molar refractivity (Wildman–Crippen MR) is 418 cm³/mol. The van der Waals surface area contributed by atoms with Crippen LogP contribution in [0.5, 0.6) is 0 Å². The van der Waals surface area contributed by atoms with Crippen molar-refractivity contribution >= 4 is 39.5 Å². The second kappa shape index (κ2) is 76.0. The molecule has 0 rings (SSSR count). The molecule has 0 aliphatic heterocycles. The average molecular weight is 1480 g/mol. The molecule has 3 N–H and O–H groups in total. The molecule has 0 aliphatic rings. The standard InChI is InChI=1S/C83H152O17P2/c1-5-9-13-17-21-25-29-33-36-37-38-39-42-45-48-52-56-60-64-68-81(86)94-73-78(99-82(87)69-65-61-57-53-49-43-32-28-24-20-16-12-8-4)75-97-101(89,90)95-71-77(84)72-96-102(91,92)98-76-79(100-83(88)70-66-62-58-54-50-46-41-35-31-27-23-19-15-11-7-3)74-93-80(85)67-63-59-55-51-47-44-40-34-30-26-22-18-14-10-6-2/h21,25,33,36,38-39,45,48,56,60,77-79,84H,5-20,22-24,26-32,34-35,37,40-44,46-47,49-55,57-59,61-76H2,1-4H3,(H,89,90)(H,91,92)/b25-21-,36-33-,39-38-,48-45-,60-56-/t77-,78-,79-/m1/s1. The number of hydrogen-bond acceptors (Lipinski definition) is 15. The summed E-state index contributed by atoms with van der Waals surface area (Å²) < 4.78 is 68.6. The number of aliphatic hydroxyl groups excluding tert-OH is 1. The molecule has 0 aromatic carbocycles. The van der Waals surface area contributed by atoms with Crippen LogP contribution in [0.2, 0.25) is 0 Å². The third kappa shape index (κ3) is 75.0. The van der Waals surface area contributed by atoms with Gasteiger partial charge in [-0.2, -0.15) is 0 Å². The van der Waals surface area contributed by atoms with Gasteiger partial charge < -0.3 is 33.8 Å². The molecule has 0 heterocycles. The number of carbonyl (C=O) groups is 4. The number of carbonyl (C=O) groups excluding carboxylic acids is 4. The minimum atomic E-state index is -4.98. The lowest BCUT2D eigenvalue weighted by atomic mass is 10.0. The maximum Gasteiger partial charge on any atom is 0.472 e. The molecule has 2 unspecified atom stereocenters. The third-order valence-corrected chi connectivity index (χ3v) is 19.9. The lowest BCUT2D eigenvalue weighted by Crippen LogP contribution is -2.30. The van der Waals surface area contributed by atoms with E-state index in [0.29, 0.717) is 32.1 Å². The number of esters is 4. The van der Waals surface area contributed by atoms with Gasteiger partial charge in [-0.15, -0.1) is 0 Å². The van der Waals surface area contributed by atoms with Crippen molar-refractivity contribution in [2.75, 3.05) is 39.6 Å². The van der Waals surface area contributed by atoms with E-state index in [9.17, 15) is 43.2 Å². The summed E-state index contributed by atoms with van der Waals surface area (Å²) in [4.78, 5) is 73.0. The fourth-order valence-corrected chi connectivity index (χ4v) is 13.3. The monoisotopic (exact) mass is 1480 g/mol. The van der Waals surface area contributed by atoms with Crippen molar-refractivity contribution in [2.24, 2.45) is 0 Å². The average Bonchev–Trinajstić information content (AvgIpc) is 0.908. The Labute approximate surface area is 622 Å². The Bertz CT molecular complexity index is 2170. The van der Waals surface area contributed by atoms with Crippen molar-refractivity contribution in [1.82, 2.24) is 0 Å². The second-order valence-corrected chi connectivity index (χ2v) is 31.0. The van der Waals surface area contributed by atoms with Gasteiger partial charge in [0.05, 0.1) is 26.4 Å². The first-order chi connectivity index (χ1) is 49.7. The molecule has 102 heavy (non-hydrogen) atoms. The van der Waals surface area contributed by atoms with Crippen LogP contribution in [0.4, 0.5) is 0 Å². The Balaban J connectivity index is 5.35. The topological polar surface area (TPSA) is 237 Å². The zero-order valence-electron chi connectivity index (χ0n) is 65.3. The van der Waals surface area contributed by atoms with Crippen LogP contribution >= 0.6 is 15.6 Å². The lowest BCUT2D eigenvalue weighted by Gasteiger charge is -2.21. The van der Waals surface area contributed by atoms with E-state index in [2.05, 4.69) is 76.3 Å². The van der Waals surface area contributed by atoms with Gasteiger partial charge in [-0.3, -0.25) is 37.3 Å². The van der Waals surface area contributed by atoms with E-state index < -0.39 is 97.5 Å². The Morgan fingerprint density at radius 2 is 0.500 bits per heavy atom. The summed E-state index contributed by atoms with van der Waals surface area (Å²) in [5, 5.41) is 10.6. The van der Waals surface area contributed by atoms with Crippen molar-refractivity contribution in [1.29, 1.82) is 0 Å². The first-order valence-corrected chi connectivity index (χ1v) is 44.5. The molecule has 0 aliphatic carbocycles. The van der Waals surface area contributed by atoms with Crippen LogP contribution in [0.3, 0.4) is 0 Å². The fraction of sp³-hybridized carbons (Fsp3) is 0.831. The zero-order valence-corrected chi connectivity index (χ0v) is 67.1. The normalized spacial score (nSPS) is 14.1. The summed E-state index contributed by atoms with van der Waals surface area (Å²) in [6.45, 7) is 4.86. The Morgan fingerprint density at radius 3 is 0.794 bits per heavy atom. The number of aliphatic hydroxyl groups is 1. The third-order valence-electron chi connectivity index (χ3n) is 18.0. The Kier molecular flexibility index (Phi) is 73.6. The number of unbranched alkanes of at least 4 members (excludes halogenated alkanes) is 43. The number of phosphoric acid groups is 2. The van der Waals surface area contributed by atoms with Gasteiger partial charge in [0.25, 0.3) is 0 Å². The van der Waals surface area contributed by atoms with Gasteiger partial charge in [0.1, 0.15) is 19.3 Å². The summed E-state index contributed by atoms with van der Waals surface area (Å²) in [5.41, 5.74) is 0. The summed E-state index contributed by atoms with van der Waals surface area (Å²) in [6, 6.07) is 0. The molecule has 596 valence electrons. The molecule has 0 aromatic heterocycles. The first kappa shape index (κ1) is 98.8. The van der Waals surface area contributed by atoms with Gasteiger partial charge in [-0.05, 0) is 64.2 Å². The van der Waals surface area contributed by atoms with Crippen LogP contribution in [-0.2, 0) is 65.4 Å². The molecule has 0 saturated carbocycles. The van der Waals surface area contributed by atoms with Gasteiger partial charge in [0, 0.05) is 25.7 Å². The number of hydrogen-bond donors (Lipinski definition) is 3. The van der Waals surface area contributed by atoms with E-state index >= 15 is 0 Å².